The Hall–Kier alpha value is -12.6. The van der Waals surface area contributed by atoms with Gasteiger partial charge in [-0.1, -0.05) is 42.5 Å². The number of primary amides is 1. The van der Waals surface area contributed by atoms with Crippen LogP contribution in [0.3, 0.4) is 0 Å². The smallest absolute Gasteiger partial charge is 0.314 e. The van der Waals surface area contributed by atoms with Gasteiger partial charge in [0.05, 0.1) is 87.8 Å². The Morgan fingerprint density at radius 1 is 0.439 bits per heavy atom. The van der Waals surface area contributed by atoms with E-state index >= 15 is 0 Å². The number of anilines is 6. The van der Waals surface area contributed by atoms with Gasteiger partial charge in [-0.3, -0.25) is 14.8 Å². The number of carbonyl (C=O) groups excluding carboxylic acids is 2. The summed E-state index contributed by atoms with van der Waals surface area (Å²) in [6.45, 7) is 10.7. The number of amides is 3. The molecule has 132 heavy (non-hydrogen) atoms. The van der Waals surface area contributed by atoms with E-state index in [-0.39, 0.29) is 29.6 Å². The van der Waals surface area contributed by atoms with Crippen LogP contribution in [0.5, 0.6) is 0 Å². The van der Waals surface area contributed by atoms with E-state index in [1.54, 1.807) is 119 Å². The van der Waals surface area contributed by atoms with Gasteiger partial charge in [0.25, 0.3) is 5.91 Å². The Balaban J connectivity index is 0.000000115. The van der Waals surface area contributed by atoms with Crippen LogP contribution in [-0.4, -0.2) is 179 Å². The molecule has 2 atom stereocenters. The monoisotopic (exact) mass is 2100 g/mol. The van der Waals surface area contributed by atoms with E-state index in [0.717, 1.165) is 191 Å². The molecule has 3 aromatic carbocycles. The molecule has 4 aliphatic rings. The lowest BCUT2D eigenvalue weighted by Gasteiger charge is -2.30. The lowest BCUT2D eigenvalue weighted by atomic mass is 9.93. The Labute approximate surface area is 799 Å². The molecule has 2 unspecified atom stereocenters. The van der Waals surface area contributed by atoms with E-state index in [1.165, 1.54) is 30.9 Å². The van der Waals surface area contributed by atoms with Crippen molar-refractivity contribution in [3.63, 3.8) is 0 Å². The molecule has 0 saturated carbocycles. The zero-order valence-corrected chi connectivity index (χ0v) is 79.7. The Bertz CT molecular complexity index is 6810. The van der Waals surface area contributed by atoms with Crippen LogP contribution in [0, 0.1) is 5.82 Å². The quantitative estimate of drug-likeness (QED) is 0.0318. The van der Waals surface area contributed by atoms with Gasteiger partial charge in [0.15, 0.2) is 28.2 Å². The second-order valence-electron chi connectivity index (χ2n) is 32.1. The number of pyridine rings is 2. The highest BCUT2D eigenvalue weighted by Gasteiger charge is 2.28. The molecule has 0 bridgehead atoms. The summed E-state index contributed by atoms with van der Waals surface area (Å²) in [4.78, 5) is 72.4. The van der Waals surface area contributed by atoms with Crippen LogP contribution in [0.2, 0.25) is 0 Å². The van der Waals surface area contributed by atoms with Crippen LogP contribution < -0.4 is 59.3 Å². The maximum Gasteiger partial charge on any atom is 0.314 e. The van der Waals surface area contributed by atoms with Crippen LogP contribution >= 0.6 is 79.6 Å². The van der Waals surface area contributed by atoms with Crippen LogP contribution in [0.25, 0.3) is 50.5 Å². The number of urea groups is 1. The summed E-state index contributed by atoms with van der Waals surface area (Å²) in [5.41, 5.74) is 28.1. The molecule has 3 amide bonds. The van der Waals surface area contributed by atoms with Gasteiger partial charge in [-0.05, 0) is 228 Å². The number of aromatic amines is 1. The highest BCUT2D eigenvalue weighted by molar-refractivity contribution is 9.11. The van der Waals surface area contributed by atoms with Crippen molar-refractivity contribution in [3.05, 3.63) is 280 Å². The first-order chi connectivity index (χ1) is 64.5. The summed E-state index contributed by atoms with van der Waals surface area (Å²) in [6.07, 6.45) is 29.8. The maximum absolute atomic E-state index is 14.3. The number of imidazole rings is 1. The van der Waals surface area contributed by atoms with Gasteiger partial charge in [0.1, 0.15) is 34.9 Å². The molecule has 4 fully saturated rings. The SMILES string of the molecule is Brc1cnn2c(NCc3ccc4nc[nH]c4c3)cc(C3CCNCC3)nc12.Brc1cnn2c(NCc3cccnc3)cc(C3CCCNC3)nc12.CNC(=O)c1ccc(CNc2cc(-c3ccccc3F)nc3c(Br)cnn23)cc1.NC(=O)N1CCC(c2cc(NCc3cccnc3)n3ncc(Br)c3n2)CC1.Nc1ncc(CNc2cc(C3CCCNC3)nc3c(Br)cnn23)cn1. The van der Waals surface area contributed by atoms with Crippen molar-refractivity contribution < 1.29 is 14.0 Å². The second kappa shape index (κ2) is 43.2. The van der Waals surface area contributed by atoms with Crippen LogP contribution in [0.1, 0.15) is 136 Å². The van der Waals surface area contributed by atoms with Gasteiger partial charge in [-0.2, -0.15) is 48.1 Å². The average molecular weight is 2100 g/mol. The van der Waals surface area contributed by atoms with Crippen LogP contribution in [0.15, 0.2) is 218 Å². The fourth-order valence-electron chi connectivity index (χ4n) is 16.2. The van der Waals surface area contributed by atoms with Crippen molar-refractivity contribution in [3.8, 4) is 11.3 Å². The minimum absolute atomic E-state index is 0.128. The third-order valence-electron chi connectivity index (χ3n) is 23.3. The zero-order chi connectivity index (χ0) is 91.0. The molecule has 0 radical (unpaired) electrons. The molecule has 4 aliphatic heterocycles. The molecule has 678 valence electrons. The van der Waals surface area contributed by atoms with E-state index in [4.69, 9.17) is 31.4 Å². The first-order valence-electron chi connectivity index (χ1n) is 43.4. The maximum atomic E-state index is 14.3. The molecule has 17 aromatic rings. The van der Waals surface area contributed by atoms with E-state index < -0.39 is 0 Å². The molecule has 0 aliphatic carbocycles. The summed E-state index contributed by atoms with van der Waals surface area (Å²) >= 11 is 17.7. The number of halogens is 6. The molecule has 21 rings (SSSR count). The van der Waals surface area contributed by atoms with Crippen molar-refractivity contribution in [1.82, 2.24) is 129 Å². The number of carbonyl (C=O) groups is 2. The lowest BCUT2D eigenvalue weighted by molar-refractivity contribution is 0.0963. The van der Waals surface area contributed by atoms with Crippen molar-refractivity contribution in [1.29, 1.82) is 0 Å². The number of fused-ring (bicyclic) bond motifs is 6. The second-order valence-corrected chi connectivity index (χ2v) is 36.4. The Morgan fingerprint density at radius 2 is 0.871 bits per heavy atom. The Morgan fingerprint density at radius 3 is 1.32 bits per heavy atom. The molecule has 14 N–H and O–H groups in total. The van der Waals surface area contributed by atoms with Gasteiger partial charge >= 0.3 is 6.03 Å². The van der Waals surface area contributed by atoms with E-state index in [1.807, 2.05) is 68.4 Å². The van der Waals surface area contributed by atoms with Gasteiger partial charge in [0, 0.05) is 185 Å². The number of benzene rings is 3. The third kappa shape index (κ3) is 22.2. The molecule has 14 aromatic heterocycles. The highest BCUT2D eigenvalue weighted by Crippen LogP contribution is 2.36. The third-order valence-corrected chi connectivity index (χ3v) is 26.0. The van der Waals surface area contributed by atoms with Crippen molar-refractivity contribution in [2.75, 3.05) is 91.7 Å². The van der Waals surface area contributed by atoms with Crippen LogP contribution in [0.4, 0.5) is 44.2 Å². The van der Waals surface area contributed by atoms with Crippen molar-refractivity contribution in [2.45, 2.75) is 108 Å². The van der Waals surface area contributed by atoms with Gasteiger partial charge < -0.3 is 69.2 Å². The summed E-state index contributed by atoms with van der Waals surface area (Å²) in [5.74, 6) is 5.81. The minimum Gasteiger partial charge on any atom is -0.368 e. The molecule has 35 nitrogen and oxygen atoms in total. The van der Waals surface area contributed by atoms with Gasteiger partial charge in [-0.25, -0.2) is 49.1 Å². The number of piperidine rings is 4. The first-order valence-corrected chi connectivity index (χ1v) is 47.3. The molecule has 41 heteroatoms. The fraction of sp³-hybridized carbons (Fsp3) is 0.286. The molecular formula is C91H95Br5FN33O2. The number of rotatable bonds is 21. The highest BCUT2D eigenvalue weighted by atomic mass is 79.9. The largest absolute Gasteiger partial charge is 0.368 e. The van der Waals surface area contributed by atoms with Crippen molar-refractivity contribution in [2.24, 2.45) is 5.73 Å². The van der Waals surface area contributed by atoms with E-state index in [9.17, 15) is 14.0 Å². The minimum atomic E-state index is -0.353. The lowest BCUT2D eigenvalue weighted by Crippen LogP contribution is -2.41. The number of hydrogen-bond acceptors (Lipinski definition) is 26. The standard InChI is InChI=1S/C21H17BrFN5O.C19H20BrN7.C18H20BrN7O.C17H19BrN6.C16H19BrN8/c1-24-21(29)14-8-6-13(7-9-14)11-25-19-10-18(15-4-2-3-5-17(15)23)27-20-16(22)12-26-28(19)20;20-14-10-25-27-18(8-16(26-19(14)27)13-3-5-21-6-4-13)22-9-12-1-2-15-17(7-12)24-11-23-15;19-14-11-23-26-16(22-10-12-2-1-5-21-9-12)8-15(24-17(14)26)13-3-6-25(7-4-13)18(20)27;18-14-11-22-24-16(21-9-12-3-1-5-19-8-12)7-15(23-17(14)24)13-4-2-6-20-10-13;17-12-9-23-25-14(20-5-10-6-21-16(18)22-7-10)4-13(24-15(12)25)11-2-1-3-19-8-11/h2-10,12,25H,11H2,1H3,(H,24,29);1-2,7-8,10-11,13,21-22H,3-6,9H2,(H,23,24);1-2,5,8-9,11,13,22H,3-4,6-7,10H2,(H2,20,27);1,3,5,7-8,11,13,20-21H,2,4,6,9-10H2;4,6-7,9,11,19-20H,1-3,5,8H2,(H2,18,21,22). The number of likely N-dealkylation sites (tertiary alicyclic amines) is 1. The topological polar surface area (TPSA) is 429 Å². The molecule has 0 spiro atoms. The molecular weight excluding hydrogens is 2010 g/mol. The molecule has 4 saturated heterocycles. The first kappa shape index (κ1) is 91.3. The fourth-order valence-corrected chi connectivity index (χ4v) is 17.9. The number of hydrogen-bond donors (Lipinski definition) is 12. The van der Waals surface area contributed by atoms with Crippen molar-refractivity contribution >= 4 is 166 Å². The number of H-pyrrole nitrogens is 1. The number of nitrogens with two attached hydrogens (primary N) is 2. The summed E-state index contributed by atoms with van der Waals surface area (Å²) < 4.78 is 27.5. The predicted molar refractivity (Wildman–Crippen MR) is 524 cm³/mol. The van der Waals surface area contributed by atoms with Crippen LogP contribution in [-0.2, 0) is 32.7 Å². The van der Waals surface area contributed by atoms with Gasteiger partial charge in [-0.15, -0.1) is 0 Å². The average Bonchev–Trinajstić information content (AvgIpc) is 1.67. The summed E-state index contributed by atoms with van der Waals surface area (Å²) in [7, 11) is 1.60. The number of nitrogens with one attached hydrogen (secondary N) is 10. The molecule has 18 heterocycles. The predicted octanol–water partition coefficient (Wildman–Crippen LogP) is 15.4. The normalized spacial score (nSPS) is 15.3. The zero-order valence-electron chi connectivity index (χ0n) is 71.8. The number of aromatic nitrogens is 21. The number of nitrogen functional groups attached to an aromatic ring is 1. The summed E-state index contributed by atoms with van der Waals surface area (Å²) in [5, 5.41) is 52.2. The number of nitrogens with zero attached hydrogens (tertiary/aromatic N) is 21. The van der Waals surface area contributed by atoms with E-state index in [0.29, 0.717) is 96.3 Å². The summed E-state index contributed by atoms with van der Waals surface area (Å²) in [6, 6.07) is 37.9. The van der Waals surface area contributed by atoms with Gasteiger partial charge in [0.2, 0.25) is 5.95 Å². The Kier molecular flexibility index (Phi) is 29.8. The van der Waals surface area contributed by atoms with E-state index in [2.05, 4.69) is 224 Å².